The number of hydrogen-bond donors (Lipinski definition) is 0. The quantitative estimate of drug-likeness (QED) is 0.675. The van der Waals surface area contributed by atoms with Crippen molar-refractivity contribution in [2.24, 2.45) is 0 Å². The van der Waals surface area contributed by atoms with E-state index in [1.165, 1.54) is 22.3 Å². The first kappa shape index (κ1) is 21.4. The van der Waals surface area contributed by atoms with Crippen molar-refractivity contribution < 1.29 is 14.3 Å². The third-order valence-corrected chi connectivity index (χ3v) is 6.02. The van der Waals surface area contributed by atoms with Gasteiger partial charge in [-0.3, -0.25) is 9.69 Å². The number of carbonyl (C=O) groups is 1. The lowest BCUT2D eigenvalue weighted by Gasteiger charge is -2.32. The SMILES string of the molecule is CCOc1cc2c(cc1OCC)CN(CC(=O)N1CC=C(c3ccccc3)CC1)CC2. The van der Waals surface area contributed by atoms with E-state index in [1.807, 2.05) is 24.8 Å². The lowest BCUT2D eigenvalue weighted by molar-refractivity contribution is -0.132. The van der Waals surface area contributed by atoms with E-state index in [2.05, 4.69) is 47.4 Å². The second-order valence-corrected chi connectivity index (χ2v) is 8.08. The molecule has 0 atom stereocenters. The number of nitrogens with zero attached hydrogens (tertiary/aromatic N) is 2. The van der Waals surface area contributed by atoms with Gasteiger partial charge in [-0.1, -0.05) is 36.4 Å². The largest absolute Gasteiger partial charge is 0.490 e. The Kier molecular flexibility index (Phi) is 6.92. The molecule has 0 spiro atoms. The van der Waals surface area contributed by atoms with Gasteiger partial charge in [-0.25, -0.2) is 0 Å². The van der Waals surface area contributed by atoms with E-state index in [4.69, 9.17) is 9.47 Å². The summed E-state index contributed by atoms with van der Waals surface area (Å²) >= 11 is 0. The molecule has 2 heterocycles. The van der Waals surface area contributed by atoms with Gasteiger partial charge in [0.1, 0.15) is 0 Å². The van der Waals surface area contributed by atoms with Gasteiger partial charge in [-0.05, 0) is 61.1 Å². The zero-order valence-corrected chi connectivity index (χ0v) is 18.6. The minimum atomic E-state index is 0.211. The molecule has 0 unspecified atom stereocenters. The Morgan fingerprint density at radius 3 is 2.29 bits per heavy atom. The van der Waals surface area contributed by atoms with E-state index in [0.717, 1.165) is 44.0 Å². The summed E-state index contributed by atoms with van der Waals surface area (Å²) < 4.78 is 11.6. The molecule has 2 aromatic carbocycles. The third kappa shape index (κ3) is 5.10. The maximum atomic E-state index is 12.9. The summed E-state index contributed by atoms with van der Waals surface area (Å²) in [6, 6.07) is 14.7. The van der Waals surface area contributed by atoms with Crippen LogP contribution in [0.4, 0.5) is 0 Å². The first-order valence-corrected chi connectivity index (χ1v) is 11.3. The Hall–Kier alpha value is -2.79. The average molecular weight is 421 g/mol. The van der Waals surface area contributed by atoms with Crippen LogP contribution in [0.3, 0.4) is 0 Å². The maximum Gasteiger partial charge on any atom is 0.237 e. The van der Waals surface area contributed by atoms with Gasteiger partial charge in [-0.15, -0.1) is 0 Å². The molecule has 0 N–H and O–H groups in total. The first-order valence-electron chi connectivity index (χ1n) is 11.3. The lowest BCUT2D eigenvalue weighted by Crippen LogP contribution is -2.43. The van der Waals surface area contributed by atoms with E-state index in [9.17, 15) is 4.79 Å². The fourth-order valence-corrected chi connectivity index (χ4v) is 4.40. The van der Waals surface area contributed by atoms with Gasteiger partial charge in [0, 0.05) is 26.2 Å². The Balaban J connectivity index is 1.37. The van der Waals surface area contributed by atoms with Crippen molar-refractivity contribution >= 4 is 11.5 Å². The van der Waals surface area contributed by atoms with Crippen LogP contribution in [-0.2, 0) is 17.8 Å². The standard InChI is InChI=1S/C26H32N2O3/c1-3-30-24-16-22-10-13-27(18-23(22)17-25(24)31-4-2)19-26(29)28-14-11-21(12-15-28)20-8-6-5-7-9-20/h5-9,11,16-17H,3-4,10,12-15,18-19H2,1-2H3. The summed E-state index contributed by atoms with van der Waals surface area (Å²) in [5.74, 6) is 1.83. The maximum absolute atomic E-state index is 12.9. The average Bonchev–Trinajstić information content (AvgIpc) is 2.80. The topological polar surface area (TPSA) is 42.0 Å². The van der Waals surface area contributed by atoms with Crippen molar-refractivity contribution in [3.8, 4) is 11.5 Å². The minimum absolute atomic E-state index is 0.211. The van der Waals surface area contributed by atoms with Crippen LogP contribution in [0, 0.1) is 0 Å². The lowest BCUT2D eigenvalue weighted by atomic mass is 9.98. The number of rotatable bonds is 7. The summed E-state index contributed by atoms with van der Waals surface area (Å²) in [4.78, 5) is 17.2. The Labute approximate surface area is 185 Å². The fraction of sp³-hybridized carbons (Fsp3) is 0.423. The number of fused-ring (bicyclic) bond motifs is 1. The molecule has 5 heteroatoms. The van der Waals surface area contributed by atoms with Crippen LogP contribution in [0.5, 0.6) is 11.5 Å². The highest BCUT2D eigenvalue weighted by Crippen LogP contribution is 2.34. The van der Waals surface area contributed by atoms with Gasteiger partial charge in [0.25, 0.3) is 0 Å². The molecule has 0 aromatic heterocycles. The second kappa shape index (κ2) is 10.0. The molecule has 0 fully saturated rings. The van der Waals surface area contributed by atoms with Crippen molar-refractivity contribution in [1.29, 1.82) is 0 Å². The van der Waals surface area contributed by atoms with Gasteiger partial charge in [0.05, 0.1) is 19.8 Å². The predicted octanol–water partition coefficient (Wildman–Crippen LogP) is 4.16. The summed E-state index contributed by atoms with van der Waals surface area (Å²) in [7, 11) is 0. The van der Waals surface area contributed by atoms with Gasteiger partial charge >= 0.3 is 0 Å². The Morgan fingerprint density at radius 1 is 0.935 bits per heavy atom. The summed E-state index contributed by atoms with van der Waals surface area (Å²) in [5, 5.41) is 0. The highest BCUT2D eigenvalue weighted by molar-refractivity contribution is 5.80. The zero-order chi connectivity index (χ0) is 21.6. The normalized spacial score (nSPS) is 16.5. The smallest absolute Gasteiger partial charge is 0.237 e. The molecule has 31 heavy (non-hydrogen) atoms. The highest BCUT2D eigenvalue weighted by atomic mass is 16.5. The zero-order valence-electron chi connectivity index (χ0n) is 18.6. The third-order valence-electron chi connectivity index (χ3n) is 6.02. The molecule has 0 aliphatic carbocycles. The number of amides is 1. The van der Waals surface area contributed by atoms with E-state index in [1.54, 1.807) is 0 Å². The molecule has 0 radical (unpaired) electrons. The molecule has 5 nitrogen and oxygen atoms in total. The molecule has 4 rings (SSSR count). The highest BCUT2D eigenvalue weighted by Gasteiger charge is 2.24. The number of carbonyl (C=O) groups excluding carboxylic acids is 1. The molecule has 0 saturated heterocycles. The molecular weight excluding hydrogens is 388 g/mol. The van der Waals surface area contributed by atoms with E-state index >= 15 is 0 Å². The number of benzene rings is 2. The molecule has 2 aromatic rings. The van der Waals surface area contributed by atoms with Crippen LogP contribution >= 0.6 is 0 Å². The van der Waals surface area contributed by atoms with Crippen LogP contribution in [0.25, 0.3) is 5.57 Å². The van der Waals surface area contributed by atoms with Crippen molar-refractivity contribution in [2.75, 3.05) is 39.4 Å². The van der Waals surface area contributed by atoms with Crippen molar-refractivity contribution in [3.63, 3.8) is 0 Å². The molecule has 2 aliphatic heterocycles. The van der Waals surface area contributed by atoms with E-state index in [-0.39, 0.29) is 5.91 Å². The van der Waals surface area contributed by atoms with E-state index in [0.29, 0.717) is 26.3 Å². The molecule has 0 bridgehead atoms. The van der Waals surface area contributed by atoms with Crippen LogP contribution in [0.1, 0.15) is 37.0 Å². The fourth-order valence-electron chi connectivity index (χ4n) is 4.40. The molecule has 1 amide bonds. The van der Waals surface area contributed by atoms with Crippen LogP contribution < -0.4 is 9.47 Å². The molecule has 164 valence electrons. The number of hydrogen-bond acceptors (Lipinski definition) is 4. The molecular formula is C26H32N2O3. The summed E-state index contributed by atoms with van der Waals surface area (Å²) in [6.07, 6.45) is 4.04. The Bertz CT molecular complexity index is 939. The summed E-state index contributed by atoms with van der Waals surface area (Å²) in [5.41, 5.74) is 5.13. The monoisotopic (exact) mass is 420 g/mol. The molecule has 0 saturated carbocycles. The second-order valence-electron chi connectivity index (χ2n) is 8.08. The van der Waals surface area contributed by atoms with E-state index < -0.39 is 0 Å². The van der Waals surface area contributed by atoms with Gasteiger partial charge in [-0.2, -0.15) is 0 Å². The van der Waals surface area contributed by atoms with Crippen LogP contribution in [0.15, 0.2) is 48.5 Å². The van der Waals surface area contributed by atoms with Gasteiger partial charge in [0.15, 0.2) is 11.5 Å². The van der Waals surface area contributed by atoms with Crippen molar-refractivity contribution in [3.05, 3.63) is 65.2 Å². The van der Waals surface area contributed by atoms with Crippen molar-refractivity contribution in [1.82, 2.24) is 9.80 Å². The predicted molar refractivity (Wildman–Crippen MR) is 123 cm³/mol. The first-order chi connectivity index (χ1) is 15.2. The number of ether oxygens (including phenoxy) is 2. The van der Waals surface area contributed by atoms with Crippen LogP contribution in [-0.4, -0.2) is 55.1 Å². The van der Waals surface area contributed by atoms with Gasteiger partial charge < -0.3 is 14.4 Å². The summed E-state index contributed by atoms with van der Waals surface area (Å²) in [6.45, 7) is 8.80. The molecule has 2 aliphatic rings. The van der Waals surface area contributed by atoms with Crippen molar-refractivity contribution in [2.45, 2.75) is 33.2 Å². The van der Waals surface area contributed by atoms with Gasteiger partial charge in [0.2, 0.25) is 5.91 Å². The Morgan fingerprint density at radius 2 is 1.65 bits per heavy atom. The van der Waals surface area contributed by atoms with Crippen LogP contribution in [0.2, 0.25) is 0 Å². The minimum Gasteiger partial charge on any atom is -0.490 e.